The van der Waals surface area contributed by atoms with E-state index in [1.165, 1.54) is 34.6 Å². The van der Waals surface area contributed by atoms with Gasteiger partial charge in [0.25, 0.3) is 0 Å². The second kappa shape index (κ2) is 3.27. The molecule has 0 saturated heterocycles. The van der Waals surface area contributed by atoms with E-state index in [1.54, 1.807) is 13.8 Å². The van der Waals surface area contributed by atoms with Crippen molar-refractivity contribution in [1.29, 1.82) is 0 Å². The maximum atomic E-state index is 10.7. The molecule has 5 N–H and O–H groups in total. The standard InChI is InChI=1S/C13H26O5/c1-8(2)9(3,14)11(5,16)13(7,18)12(6,17)10(8,4)15/h14-18H,1-7H3. The minimum absolute atomic E-state index is 1.21. The average molecular weight is 262 g/mol. The molecule has 0 heterocycles. The Kier molecular flexibility index (Phi) is 2.88. The summed E-state index contributed by atoms with van der Waals surface area (Å²) in [5.41, 5.74) is -11.0. The largest absolute Gasteiger partial charge is 0.386 e. The van der Waals surface area contributed by atoms with Gasteiger partial charge in [-0.05, 0) is 34.6 Å². The molecule has 0 radical (unpaired) electrons. The molecule has 0 aliphatic heterocycles. The van der Waals surface area contributed by atoms with Crippen molar-refractivity contribution in [2.75, 3.05) is 0 Å². The van der Waals surface area contributed by atoms with E-state index in [1.807, 2.05) is 0 Å². The molecule has 1 aliphatic carbocycles. The molecule has 1 saturated carbocycles. The Hall–Kier alpha value is -0.200. The molecule has 108 valence electrons. The molecular weight excluding hydrogens is 236 g/mol. The first-order chi connectivity index (χ1) is 7.50. The van der Waals surface area contributed by atoms with Crippen LogP contribution in [-0.4, -0.2) is 53.5 Å². The lowest BCUT2D eigenvalue weighted by atomic mass is 9.43. The third-order valence-electron chi connectivity index (χ3n) is 6.23. The van der Waals surface area contributed by atoms with Crippen molar-refractivity contribution in [1.82, 2.24) is 0 Å². The number of hydrogen-bond donors (Lipinski definition) is 5. The van der Waals surface area contributed by atoms with Crippen molar-refractivity contribution in [2.45, 2.75) is 76.5 Å². The Balaban J connectivity index is 3.72. The number of rotatable bonds is 0. The summed E-state index contributed by atoms with van der Waals surface area (Å²) in [6.45, 7) is 9.54. The van der Waals surface area contributed by atoms with Gasteiger partial charge in [0.15, 0.2) is 0 Å². The van der Waals surface area contributed by atoms with E-state index in [9.17, 15) is 25.5 Å². The van der Waals surface area contributed by atoms with Crippen LogP contribution in [-0.2, 0) is 0 Å². The Labute approximate surface area is 108 Å². The zero-order chi connectivity index (χ0) is 15.0. The van der Waals surface area contributed by atoms with Crippen LogP contribution in [0.1, 0.15) is 48.5 Å². The Morgan fingerprint density at radius 3 is 0.778 bits per heavy atom. The van der Waals surface area contributed by atoms with Crippen molar-refractivity contribution in [3.05, 3.63) is 0 Å². The molecule has 4 atom stereocenters. The highest BCUT2D eigenvalue weighted by molar-refractivity contribution is 5.30. The number of hydrogen-bond acceptors (Lipinski definition) is 5. The first kappa shape index (κ1) is 15.9. The van der Waals surface area contributed by atoms with E-state index < -0.39 is 33.4 Å². The molecule has 5 nitrogen and oxygen atoms in total. The van der Waals surface area contributed by atoms with Gasteiger partial charge in [-0.15, -0.1) is 0 Å². The van der Waals surface area contributed by atoms with E-state index in [2.05, 4.69) is 0 Å². The minimum Gasteiger partial charge on any atom is -0.386 e. The van der Waals surface area contributed by atoms with Crippen molar-refractivity contribution in [2.24, 2.45) is 5.41 Å². The highest BCUT2D eigenvalue weighted by Crippen LogP contribution is 2.61. The summed E-state index contributed by atoms with van der Waals surface area (Å²) >= 11 is 0. The smallest absolute Gasteiger partial charge is 0.124 e. The van der Waals surface area contributed by atoms with Gasteiger partial charge in [-0.25, -0.2) is 0 Å². The Bertz CT molecular complexity index is 247. The van der Waals surface area contributed by atoms with Gasteiger partial charge in [-0.3, -0.25) is 0 Å². The normalized spacial score (nSPS) is 60.7. The van der Waals surface area contributed by atoms with Gasteiger partial charge in [0, 0.05) is 5.41 Å². The average Bonchev–Trinajstić information content (AvgIpc) is 2.14. The SMILES string of the molecule is CC1(C)C(C)(O)C(C)(O)C(C)(O)C(C)(O)C1(C)O. The monoisotopic (exact) mass is 262 g/mol. The van der Waals surface area contributed by atoms with Crippen LogP contribution >= 0.6 is 0 Å². The number of aliphatic hydroxyl groups is 5. The van der Waals surface area contributed by atoms with Gasteiger partial charge in [0.2, 0.25) is 0 Å². The highest BCUT2D eigenvalue weighted by atomic mass is 16.4. The molecule has 0 spiro atoms. The van der Waals surface area contributed by atoms with Gasteiger partial charge in [-0.2, -0.15) is 0 Å². The van der Waals surface area contributed by atoms with Gasteiger partial charge in [0.1, 0.15) is 28.0 Å². The van der Waals surface area contributed by atoms with E-state index >= 15 is 0 Å². The molecule has 0 aromatic carbocycles. The second-order valence-corrected chi connectivity index (χ2v) is 6.99. The highest BCUT2D eigenvalue weighted by Gasteiger charge is 2.79. The summed E-state index contributed by atoms with van der Waals surface area (Å²) in [5, 5.41) is 52.9. The quantitative estimate of drug-likeness (QED) is 0.415. The fraction of sp³-hybridized carbons (Fsp3) is 1.00. The third-order valence-corrected chi connectivity index (χ3v) is 6.23. The fourth-order valence-electron chi connectivity index (χ4n) is 3.11. The van der Waals surface area contributed by atoms with E-state index in [0.29, 0.717) is 0 Å². The molecule has 0 aromatic rings. The molecule has 18 heavy (non-hydrogen) atoms. The van der Waals surface area contributed by atoms with Crippen LogP contribution in [0.5, 0.6) is 0 Å². The molecule has 1 fully saturated rings. The fourth-order valence-corrected chi connectivity index (χ4v) is 3.11. The van der Waals surface area contributed by atoms with Gasteiger partial charge in [0.05, 0.1) is 0 Å². The molecule has 4 unspecified atom stereocenters. The van der Waals surface area contributed by atoms with Crippen LogP contribution < -0.4 is 0 Å². The first-order valence-electron chi connectivity index (χ1n) is 6.12. The van der Waals surface area contributed by atoms with E-state index in [4.69, 9.17) is 0 Å². The summed E-state index contributed by atoms with van der Waals surface area (Å²) in [6, 6.07) is 0. The van der Waals surface area contributed by atoms with Crippen molar-refractivity contribution in [3.8, 4) is 0 Å². The molecule has 0 bridgehead atoms. The van der Waals surface area contributed by atoms with Gasteiger partial charge < -0.3 is 25.5 Å². The van der Waals surface area contributed by atoms with E-state index in [-0.39, 0.29) is 0 Å². The van der Waals surface area contributed by atoms with Crippen molar-refractivity contribution >= 4 is 0 Å². The lowest BCUT2D eigenvalue weighted by molar-refractivity contribution is -0.401. The molecule has 0 amide bonds. The predicted molar refractivity (Wildman–Crippen MR) is 66.9 cm³/mol. The third kappa shape index (κ3) is 1.20. The first-order valence-corrected chi connectivity index (χ1v) is 6.12. The lowest BCUT2D eigenvalue weighted by Crippen LogP contribution is -2.88. The summed E-state index contributed by atoms with van der Waals surface area (Å²) < 4.78 is 0. The summed E-state index contributed by atoms with van der Waals surface area (Å²) in [7, 11) is 0. The zero-order valence-corrected chi connectivity index (χ0v) is 12.2. The molecular formula is C13H26O5. The molecule has 1 aliphatic rings. The Morgan fingerprint density at radius 2 is 0.556 bits per heavy atom. The predicted octanol–water partition coefficient (Wildman–Crippen LogP) is -0.219. The van der Waals surface area contributed by atoms with Gasteiger partial charge >= 0.3 is 0 Å². The van der Waals surface area contributed by atoms with Crippen LogP contribution in [0, 0.1) is 5.41 Å². The van der Waals surface area contributed by atoms with Gasteiger partial charge in [-0.1, -0.05) is 13.8 Å². The van der Waals surface area contributed by atoms with E-state index in [0.717, 1.165) is 0 Å². The van der Waals surface area contributed by atoms with Crippen molar-refractivity contribution in [3.63, 3.8) is 0 Å². The maximum Gasteiger partial charge on any atom is 0.124 e. The van der Waals surface area contributed by atoms with Crippen molar-refractivity contribution < 1.29 is 25.5 Å². The Morgan fingerprint density at radius 1 is 0.389 bits per heavy atom. The van der Waals surface area contributed by atoms with Crippen LogP contribution in [0.4, 0.5) is 0 Å². The summed E-state index contributed by atoms with van der Waals surface area (Å²) in [4.78, 5) is 0. The second-order valence-electron chi connectivity index (χ2n) is 6.99. The van der Waals surface area contributed by atoms with Crippen LogP contribution in [0.15, 0.2) is 0 Å². The zero-order valence-electron chi connectivity index (χ0n) is 12.2. The minimum atomic E-state index is -2.09. The van der Waals surface area contributed by atoms with Crippen LogP contribution in [0.2, 0.25) is 0 Å². The maximum absolute atomic E-state index is 10.7. The lowest BCUT2D eigenvalue weighted by Gasteiger charge is -2.70. The van der Waals surface area contributed by atoms with Crippen LogP contribution in [0.25, 0.3) is 0 Å². The molecule has 5 heteroatoms. The molecule has 1 rings (SSSR count). The summed E-state index contributed by atoms with van der Waals surface area (Å²) in [5.74, 6) is 0. The topological polar surface area (TPSA) is 101 Å². The summed E-state index contributed by atoms with van der Waals surface area (Å²) in [6.07, 6.45) is 0. The van der Waals surface area contributed by atoms with Crippen LogP contribution in [0.3, 0.4) is 0 Å². The molecule has 0 aromatic heterocycles.